The van der Waals surface area contributed by atoms with Gasteiger partial charge >= 0.3 is 0 Å². The highest BCUT2D eigenvalue weighted by atomic mass is 16.2. The number of fused-ring (bicyclic) bond motifs is 3. The zero-order valence-corrected chi connectivity index (χ0v) is 22.6. The first-order chi connectivity index (χ1) is 17.1. The van der Waals surface area contributed by atoms with Gasteiger partial charge in [-0.05, 0) is 56.6 Å². The van der Waals surface area contributed by atoms with Gasteiger partial charge in [0.1, 0.15) is 0 Å². The summed E-state index contributed by atoms with van der Waals surface area (Å²) >= 11 is 0. The number of hydrogen-bond acceptors (Lipinski definition) is 2. The number of hydrogen-bond donors (Lipinski definition) is 2. The fraction of sp³-hybridized carbons (Fsp3) is 0.273. The Labute approximate surface area is 212 Å². The number of aliphatic hydroxyl groups excluding tert-OH is 2. The lowest BCUT2D eigenvalue weighted by molar-refractivity contribution is 0.399. The van der Waals surface area contributed by atoms with Crippen LogP contribution in [0, 0.1) is 0 Å². The van der Waals surface area contributed by atoms with Gasteiger partial charge in [0.15, 0.2) is 0 Å². The highest BCUT2D eigenvalue weighted by Gasteiger charge is 2.35. The molecule has 2 N–H and O–H groups in total. The van der Waals surface area contributed by atoms with Crippen LogP contribution in [0.15, 0.2) is 97.1 Å². The first-order valence-corrected chi connectivity index (χ1v) is 12.4. The monoisotopic (exact) mass is 470 g/mol. The molecule has 5 rings (SSSR count). The van der Waals surface area contributed by atoms with E-state index in [1.54, 1.807) is 0 Å². The molecule has 186 valence electrons. The van der Waals surface area contributed by atoms with Crippen LogP contribution in [0.4, 0.5) is 0 Å². The predicted molar refractivity (Wildman–Crippen MR) is 154 cm³/mol. The molecule has 2 nitrogen and oxygen atoms in total. The highest BCUT2D eigenvalue weighted by molar-refractivity contribution is 5.87. The van der Waals surface area contributed by atoms with Gasteiger partial charge in [0, 0.05) is 19.6 Å². The van der Waals surface area contributed by atoms with Crippen molar-refractivity contribution < 1.29 is 10.2 Å². The quantitative estimate of drug-likeness (QED) is 0.308. The van der Waals surface area contributed by atoms with Crippen molar-refractivity contribution in [2.75, 3.05) is 14.2 Å². The number of rotatable bonds is 2. The van der Waals surface area contributed by atoms with Gasteiger partial charge in [0.2, 0.25) is 0 Å². The SMILES string of the molecule is CC.CC.CC1(C)c2ccc(-c3ccccc3)cc2-c2cc(-c3ccccc3)ccc21.CO.CO. The average Bonchev–Trinajstić information content (AvgIpc) is 3.19. The molecule has 0 spiro atoms. The summed E-state index contributed by atoms with van der Waals surface area (Å²) in [5.41, 5.74) is 10.7. The summed E-state index contributed by atoms with van der Waals surface area (Å²) in [7, 11) is 2.00. The predicted octanol–water partition coefficient (Wildman–Crippen LogP) is 8.60. The Hall–Kier alpha value is -3.20. The Bertz CT molecular complexity index is 1040. The van der Waals surface area contributed by atoms with E-state index in [0.29, 0.717) is 0 Å². The van der Waals surface area contributed by atoms with Gasteiger partial charge in [-0.25, -0.2) is 0 Å². The lowest BCUT2D eigenvalue weighted by atomic mass is 9.82. The van der Waals surface area contributed by atoms with E-state index in [2.05, 4.69) is 111 Å². The lowest BCUT2D eigenvalue weighted by Crippen LogP contribution is -2.14. The van der Waals surface area contributed by atoms with E-state index >= 15 is 0 Å². The minimum atomic E-state index is 0.0368. The van der Waals surface area contributed by atoms with E-state index in [4.69, 9.17) is 10.2 Å². The largest absolute Gasteiger partial charge is 0.400 e. The van der Waals surface area contributed by atoms with E-state index in [-0.39, 0.29) is 5.41 Å². The van der Waals surface area contributed by atoms with Crippen LogP contribution in [0.3, 0.4) is 0 Å². The van der Waals surface area contributed by atoms with E-state index in [1.807, 2.05) is 27.7 Å². The Morgan fingerprint density at radius 3 is 1.06 bits per heavy atom. The normalized spacial score (nSPS) is 11.4. The average molecular weight is 471 g/mol. The number of aliphatic hydroxyl groups is 2. The molecule has 0 heterocycles. The van der Waals surface area contributed by atoms with Gasteiger partial charge in [0.05, 0.1) is 0 Å². The molecule has 0 saturated carbocycles. The number of benzene rings is 4. The third kappa shape index (κ3) is 6.48. The molecular weight excluding hydrogens is 428 g/mol. The Morgan fingerprint density at radius 2 is 0.743 bits per heavy atom. The van der Waals surface area contributed by atoms with Gasteiger partial charge in [-0.3, -0.25) is 0 Å². The summed E-state index contributed by atoms with van der Waals surface area (Å²) in [6.45, 7) is 12.7. The van der Waals surface area contributed by atoms with Crippen LogP contribution in [-0.2, 0) is 5.41 Å². The second-order valence-corrected chi connectivity index (χ2v) is 7.88. The van der Waals surface area contributed by atoms with Crippen molar-refractivity contribution in [2.45, 2.75) is 47.0 Å². The zero-order chi connectivity index (χ0) is 26.4. The second-order valence-electron chi connectivity index (χ2n) is 7.88. The van der Waals surface area contributed by atoms with Gasteiger partial charge in [-0.1, -0.05) is 126 Å². The summed E-state index contributed by atoms with van der Waals surface area (Å²) in [4.78, 5) is 0. The topological polar surface area (TPSA) is 40.5 Å². The fourth-order valence-corrected chi connectivity index (χ4v) is 4.39. The zero-order valence-electron chi connectivity index (χ0n) is 22.6. The van der Waals surface area contributed by atoms with Crippen LogP contribution in [0.2, 0.25) is 0 Å². The third-order valence-electron chi connectivity index (χ3n) is 5.89. The maximum absolute atomic E-state index is 7.00. The molecule has 1 aliphatic rings. The van der Waals surface area contributed by atoms with Crippen molar-refractivity contribution in [3.63, 3.8) is 0 Å². The smallest absolute Gasteiger partial charge is 0.0319 e. The Balaban J connectivity index is 0.000000699. The molecule has 0 saturated heterocycles. The maximum atomic E-state index is 7.00. The van der Waals surface area contributed by atoms with E-state index in [0.717, 1.165) is 14.2 Å². The van der Waals surface area contributed by atoms with Crippen molar-refractivity contribution in [1.82, 2.24) is 0 Å². The molecule has 0 amide bonds. The van der Waals surface area contributed by atoms with E-state index in [1.165, 1.54) is 44.5 Å². The van der Waals surface area contributed by atoms with Gasteiger partial charge < -0.3 is 10.2 Å². The lowest BCUT2D eigenvalue weighted by Gasteiger charge is -2.21. The van der Waals surface area contributed by atoms with Crippen molar-refractivity contribution in [1.29, 1.82) is 0 Å². The second kappa shape index (κ2) is 14.9. The summed E-state index contributed by atoms with van der Waals surface area (Å²) in [5, 5.41) is 14.0. The maximum Gasteiger partial charge on any atom is 0.0319 e. The minimum Gasteiger partial charge on any atom is -0.400 e. The molecular formula is C33H42O2. The highest BCUT2D eigenvalue weighted by Crippen LogP contribution is 2.50. The van der Waals surface area contributed by atoms with Crippen molar-refractivity contribution in [3.8, 4) is 33.4 Å². The summed E-state index contributed by atoms with van der Waals surface area (Å²) in [6, 6.07) is 35.2. The van der Waals surface area contributed by atoms with Crippen LogP contribution < -0.4 is 0 Å². The standard InChI is InChI=1S/C27H22.2C2H6.2CH4O/c1-27(2)25-15-13-21(19-9-5-3-6-10-19)17-23(25)24-18-22(14-16-26(24)27)20-11-7-4-8-12-20;4*1-2/h3-18H,1-2H3;2*1-2H3;2*2H,1H3. The molecule has 0 unspecified atom stereocenters. The van der Waals surface area contributed by atoms with Crippen LogP contribution in [-0.4, -0.2) is 24.4 Å². The molecule has 0 aromatic heterocycles. The summed E-state index contributed by atoms with van der Waals surface area (Å²) < 4.78 is 0. The van der Waals surface area contributed by atoms with Crippen molar-refractivity contribution in [2.24, 2.45) is 0 Å². The minimum absolute atomic E-state index is 0.0368. The summed E-state index contributed by atoms with van der Waals surface area (Å²) in [5.74, 6) is 0. The first kappa shape index (κ1) is 29.8. The van der Waals surface area contributed by atoms with Crippen LogP contribution in [0.25, 0.3) is 33.4 Å². The Kier molecular flexibility index (Phi) is 12.7. The molecule has 35 heavy (non-hydrogen) atoms. The van der Waals surface area contributed by atoms with Crippen molar-refractivity contribution >= 4 is 0 Å². The van der Waals surface area contributed by atoms with E-state index < -0.39 is 0 Å². The van der Waals surface area contributed by atoms with Gasteiger partial charge in [0.25, 0.3) is 0 Å². The van der Waals surface area contributed by atoms with E-state index in [9.17, 15) is 0 Å². The Morgan fingerprint density at radius 1 is 0.429 bits per heavy atom. The first-order valence-electron chi connectivity index (χ1n) is 12.4. The van der Waals surface area contributed by atoms with Crippen molar-refractivity contribution in [3.05, 3.63) is 108 Å². The molecule has 4 aromatic rings. The van der Waals surface area contributed by atoms with Crippen LogP contribution >= 0.6 is 0 Å². The molecule has 0 radical (unpaired) electrons. The molecule has 2 heteroatoms. The fourth-order valence-electron chi connectivity index (χ4n) is 4.39. The van der Waals surface area contributed by atoms with Gasteiger partial charge in [-0.2, -0.15) is 0 Å². The molecule has 0 fully saturated rings. The summed E-state index contributed by atoms with van der Waals surface area (Å²) in [6.07, 6.45) is 0. The molecule has 0 atom stereocenters. The van der Waals surface area contributed by atoms with Gasteiger partial charge in [-0.15, -0.1) is 0 Å². The molecule has 4 aromatic carbocycles. The third-order valence-corrected chi connectivity index (χ3v) is 5.89. The molecule has 1 aliphatic carbocycles. The molecule has 0 aliphatic heterocycles. The van der Waals surface area contributed by atoms with Crippen LogP contribution in [0.1, 0.15) is 52.7 Å². The van der Waals surface area contributed by atoms with Crippen LogP contribution in [0.5, 0.6) is 0 Å². The molecule has 0 bridgehead atoms.